The van der Waals surface area contributed by atoms with Gasteiger partial charge in [-0.1, -0.05) is 85.5 Å². The summed E-state index contributed by atoms with van der Waals surface area (Å²) in [5.41, 5.74) is 10.1. The smallest absolute Gasteiger partial charge is 0.132 e. The van der Waals surface area contributed by atoms with Gasteiger partial charge in [0, 0.05) is 69.1 Å². The van der Waals surface area contributed by atoms with Crippen LogP contribution in [0.25, 0.3) is 104 Å². The molecule has 11 aromatic rings. The van der Waals surface area contributed by atoms with Crippen molar-refractivity contribution < 1.29 is 0 Å². The summed E-state index contributed by atoms with van der Waals surface area (Å²) in [6.45, 7) is 10.2. The molecule has 7 nitrogen and oxygen atoms in total. The molecule has 0 spiro atoms. The fourth-order valence-electron chi connectivity index (χ4n) is 9.46. The highest BCUT2D eigenvalue weighted by Gasteiger charge is 2.26. The normalized spacial score (nSPS) is 12.6. The molecule has 0 fully saturated rings. The zero-order chi connectivity index (χ0) is 46.8. The number of unbranched alkanes of at least 4 members (excludes halogenated alkanes) is 7. The van der Waals surface area contributed by atoms with Gasteiger partial charge in [0.15, 0.2) is 0 Å². The highest BCUT2D eigenvalue weighted by atomic mass is 32.1. The molecule has 0 saturated heterocycles. The zero-order valence-electron chi connectivity index (χ0n) is 39.5. The monoisotopic (exact) mass is 1060 g/mol. The topological polar surface area (TPSA) is 82.3 Å². The predicted octanol–water partition coefficient (Wildman–Crippen LogP) is 19.4. The number of fused-ring (bicyclic) bond motifs is 5. The number of nitrogens with zero attached hydrogens (tertiary/aromatic N) is 7. The Labute approximate surface area is 436 Å². The highest BCUT2D eigenvalue weighted by Crippen LogP contribution is 2.49. The Morgan fingerprint density at radius 1 is 0.449 bits per heavy atom. The molecule has 69 heavy (non-hydrogen) atoms. The maximum atomic E-state index is 5.21. The van der Waals surface area contributed by atoms with Gasteiger partial charge in [-0.2, -0.15) is 17.5 Å². The number of hydrogen-bond donors (Lipinski definition) is 0. The van der Waals surface area contributed by atoms with Crippen molar-refractivity contribution in [3.8, 4) is 61.5 Å². The first-order valence-electron chi connectivity index (χ1n) is 24.7. The zero-order valence-corrected chi connectivity index (χ0v) is 46.0. The van der Waals surface area contributed by atoms with Crippen LogP contribution >= 0.6 is 91.5 Å². The van der Waals surface area contributed by atoms with E-state index in [1.54, 1.807) is 0 Å². The number of aromatic nitrogens is 7. The van der Waals surface area contributed by atoms with Crippen LogP contribution in [-0.2, 0) is 19.4 Å². The average Bonchev–Trinajstić information content (AvgIpc) is 4.22. The van der Waals surface area contributed by atoms with Gasteiger partial charge in [-0.05, 0) is 98.7 Å². The predicted molar refractivity (Wildman–Crippen MR) is 306 cm³/mol. The molecular formula is C54H55N7S8. The first-order valence-corrected chi connectivity index (χ1v) is 31.0. The number of pyridine rings is 2. The summed E-state index contributed by atoms with van der Waals surface area (Å²) in [5.74, 6) is 0.582. The molecular weight excluding hydrogens is 1000 g/mol. The molecule has 0 aliphatic carbocycles. The second kappa shape index (κ2) is 21.3. The number of hydrogen-bond acceptors (Lipinski definition) is 14. The Hall–Kier alpha value is -4.06. The minimum Gasteiger partial charge on any atom is -0.339 e. The minimum absolute atomic E-state index is 0.582. The second-order valence-electron chi connectivity index (χ2n) is 18.1. The Morgan fingerprint density at radius 3 is 1.38 bits per heavy atom. The van der Waals surface area contributed by atoms with Gasteiger partial charge in [0.05, 0.1) is 53.6 Å². The molecule has 0 bridgehead atoms. The second-order valence-corrected chi connectivity index (χ2v) is 25.8. The van der Waals surface area contributed by atoms with Crippen molar-refractivity contribution in [2.45, 2.75) is 124 Å². The third-order valence-corrected chi connectivity index (χ3v) is 21.8. The molecule has 1 atom stereocenters. The van der Waals surface area contributed by atoms with Gasteiger partial charge >= 0.3 is 0 Å². The molecule has 1 unspecified atom stereocenters. The lowest BCUT2D eigenvalue weighted by molar-refractivity contribution is 0.401. The summed E-state index contributed by atoms with van der Waals surface area (Å²) < 4.78 is 24.8. The molecule has 15 heteroatoms. The molecule has 0 aromatic carbocycles. The van der Waals surface area contributed by atoms with Crippen molar-refractivity contribution >= 4 is 134 Å². The molecule has 0 saturated carbocycles. The molecule has 354 valence electrons. The maximum absolute atomic E-state index is 5.21. The summed E-state index contributed by atoms with van der Waals surface area (Å²) in [5, 5.41) is 0. The molecule has 11 heterocycles. The average molecular weight is 1060 g/mol. The fraction of sp³-hybridized carbons (Fsp3) is 0.370. The molecule has 0 aliphatic rings. The van der Waals surface area contributed by atoms with E-state index in [-0.39, 0.29) is 0 Å². The van der Waals surface area contributed by atoms with Crippen LogP contribution in [0.2, 0.25) is 0 Å². The lowest BCUT2D eigenvalue weighted by Gasteiger charge is -2.16. The van der Waals surface area contributed by atoms with Crippen molar-refractivity contribution in [1.29, 1.82) is 0 Å². The van der Waals surface area contributed by atoms with Gasteiger partial charge in [0.1, 0.15) is 33.5 Å². The molecule has 0 aliphatic heterocycles. The Balaban J connectivity index is 0.915. The maximum Gasteiger partial charge on any atom is 0.132 e. The van der Waals surface area contributed by atoms with Crippen LogP contribution in [0.1, 0.15) is 114 Å². The molecule has 0 radical (unpaired) electrons. The quantitative estimate of drug-likeness (QED) is 0.0629. The van der Waals surface area contributed by atoms with Crippen LogP contribution in [0.5, 0.6) is 0 Å². The van der Waals surface area contributed by atoms with E-state index in [0.29, 0.717) is 5.92 Å². The standard InChI is InChI=1S/C54H55N7S8/c1-5-9-12-14-17-33-19-21-41(62-33)43-25-23-39(64-43)35-29-55-49(51-47(35)57-68-59-51)45-27-37-53(66-45)54-38(61(37)31-32(8-4)16-11-7-3)28-46(67-54)50-52-48(58-69-60-52)36(30-56-50)40-24-26-44(65-40)42-22-20-34(63-42)18-15-13-10-6-2/h19-30,32H,5-18,31H2,1-4H3. The summed E-state index contributed by atoms with van der Waals surface area (Å²) >= 11 is 13.7. The minimum atomic E-state index is 0.582. The van der Waals surface area contributed by atoms with Crippen LogP contribution in [0, 0.1) is 5.92 Å². The first-order chi connectivity index (χ1) is 34.0. The van der Waals surface area contributed by atoms with Crippen LogP contribution in [-0.4, -0.2) is 32.0 Å². The Bertz CT molecular complexity index is 3270. The van der Waals surface area contributed by atoms with Crippen molar-refractivity contribution in [3.63, 3.8) is 0 Å². The largest absolute Gasteiger partial charge is 0.339 e. The third kappa shape index (κ3) is 9.59. The van der Waals surface area contributed by atoms with Crippen LogP contribution in [0.3, 0.4) is 0 Å². The molecule has 11 rings (SSSR count). The van der Waals surface area contributed by atoms with E-state index in [4.69, 9.17) is 27.5 Å². The van der Waals surface area contributed by atoms with Crippen LogP contribution < -0.4 is 0 Å². The Kier molecular flexibility index (Phi) is 14.6. The number of thiophene rings is 6. The van der Waals surface area contributed by atoms with Gasteiger partial charge < -0.3 is 4.57 Å². The number of rotatable bonds is 22. The summed E-state index contributed by atoms with van der Waals surface area (Å²) in [4.78, 5) is 23.3. The van der Waals surface area contributed by atoms with E-state index in [1.807, 2.05) is 80.4 Å². The van der Waals surface area contributed by atoms with E-state index in [2.05, 4.69) is 92.9 Å². The Morgan fingerprint density at radius 2 is 0.899 bits per heavy atom. The molecule has 0 amide bonds. The molecule has 0 N–H and O–H groups in total. The fourth-order valence-corrected chi connectivity index (χ4v) is 17.4. The lowest BCUT2D eigenvalue weighted by atomic mass is 9.99. The third-order valence-electron chi connectivity index (χ3n) is 13.4. The van der Waals surface area contributed by atoms with Gasteiger partial charge in [-0.25, -0.2) is 0 Å². The highest BCUT2D eigenvalue weighted by molar-refractivity contribution is 7.30. The summed E-state index contributed by atoms with van der Waals surface area (Å²) in [7, 11) is 0. The summed E-state index contributed by atoms with van der Waals surface area (Å²) in [6.07, 6.45) is 21.6. The van der Waals surface area contributed by atoms with Gasteiger partial charge in [0.25, 0.3) is 0 Å². The first kappa shape index (κ1) is 47.3. The lowest BCUT2D eigenvalue weighted by Crippen LogP contribution is -2.09. The van der Waals surface area contributed by atoms with E-state index >= 15 is 0 Å². The number of aryl methyl sites for hydroxylation is 2. The van der Waals surface area contributed by atoms with Gasteiger partial charge in [-0.15, -0.1) is 68.0 Å². The van der Waals surface area contributed by atoms with E-state index < -0.39 is 0 Å². The van der Waals surface area contributed by atoms with Crippen LogP contribution in [0.4, 0.5) is 0 Å². The SMILES string of the molecule is CCCCCCc1ccc(-c2ccc(-c3cnc(-c4cc5c(s4)c4sc(-c6ncc(-c7ccc(-c8ccc(CCCCCC)s8)s7)c7nsnc67)cc4n5CC(CC)CCCC)c4nsnc34)s2)s1. The van der Waals surface area contributed by atoms with E-state index in [0.717, 1.165) is 67.3 Å². The van der Waals surface area contributed by atoms with Crippen molar-refractivity contribution in [3.05, 3.63) is 82.8 Å². The van der Waals surface area contributed by atoms with Gasteiger partial charge in [0.2, 0.25) is 0 Å². The molecule has 11 aromatic heterocycles. The van der Waals surface area contributed by atoms with Crippen molar-refractivity contribution in [2.24, 2.45) is 5.92 Å². The van der Waals surface area contributed by atoms with Crippen molar-refractivity contribution in [1.82, 2.24) is 32.0 Å². The van der Waals surface area contributed by atoms with E-state index in [1.165, 1.54) is 166 Å². The van der Waals surface area contributed by atoms with Gasteiger partial charge in [-0.3, -0.25) is 9.97 Å². The van der Waals surface area contributed by atoms with Crippen molar-refractivity contribution in [2.75, 3.05) is 0 Å². The van der Waals surface area contributed by atoms with E-state index in [9.17, 15) is 0 Å². The van der Waals surface area contributed by atoms with Crippen LogP contribution in [0.15, 0.2) is 73.1 Å². The summed E-state index contributed by atoms with van der Waals surface area (Å²) in [6, 6.07) is 23.0.